The molecule has 0 spiro atoms. The molecule has 4 rings (SSSR count). The predicted octanol–water partition coefficient (Wildman–Crippen LogP) is 10.4. The molecule has 272 valence electrons. The second-order valence-corrected chi connectivity index (χ2v) is 13.8. The summed E-state index contributed by atoms with van der Waals surface area (Å²) < 4.78 is 42.7. The third-order valence-electron chi connectivity index (χ3n) is 8.98. The van der Waals surface area contributed by atoms with Crippen molar-refractivity contribution in [1.29, 1.82) is 0 Å². The quantitative estimate of drug-likeness (QED) is 0.0556. The molecule has 7 nitrogen and oxygen atoms in total. The minimum absolute atomic E-state index is 0.0833. The summed E-state index contributed by atoms with van der Waals surface area (Å²) in [4.78, 5) is 25.3. The average Bonchev–Trinajstić information content (AvgIpc) is 3.11. The predicted molar refractivity (Wildman–Crippen MR) is 194 cm³/mol. The van der Waals surface area contributed by atoms with Crippen molar-refractivity contribution >= 4 is 11.9 Å². The van der Waals surface area contributed by atoms with E-state index in [2.05, 4.69) is 6.92 Å². The molecule has 3 aromatic carbocycles. The molecule has 0 aliphatic carbocycles. The van der Waals surface area contributed by atoms with Gasteiger partial charge in [0.15, 0.2) is 11.6 Å². The fourth-order valence-electron chi connectivity index (χ4n) is 5.95. The minimum Gasteiger partial charge on any atom is -0.494 e. The Morgan fingerprint density at radius 3 is 1.86 bits per heavy atom. The number of carbonyl (C=O) groups is 2. The molecule has 0 bridgehead atoms. The number of unbranched alkanes of at least 4 members (excludes halogenated alkanes) is 7. The fraction of sp³-hybridized carbons (Fsp3) is 0.524. The largest absolute Gasteiger partial charge is 0.494 e. The lowest BCUT2D eigenvalue weighted by molar-refractivity contribution is -0.137. The van der Waals surface area contributed by atoms with E-state index in [-0.39, 0.29) is 28.4 Å². The first-order chi connectivity index (χ1) is 24.3. The number of benzene rings is 3. The monoisotopic (exact) mass is 690 g/mol. The third-order valence-corrected chi connectivity index (χ3v) is 8.98. The summed E-state index contributed by atoms with van der Waals surface area (Å²) in [6.07, 6.45) is 12.7. The van der Waals surface area contributed by atoms with Crippen LogP contribution in [0.4, 0.5) is 4.39 Å². The fourth-order valence-corrected chi connectivity index (χ4v) is 5.95. The van der Waals surface area contributed by atoms with E-state index in [0.717, 1.165) is 87.9 Å². The van der Waals surface area contributed by atoms with E-state index in [1.54, 1.807) is 12.1 Å². The molecule has 0 unspecified atom stereocenters. The standard InChI is InChI=1S/C42H55FO7/c1-4-14-37(15-5-2)49-41(45)35-22-25-39(38(43)28-35)50-40(44)34-18-16-32(17-19-34)33-20-23-36(24-21-33)48-27-13-11-9-7-6-8-10-12-26-46-29-42(3)30-47-31-42/h16-25,28,37H,4-15,26-27,29-31H2,1-3H3. The molecule has 0 aromatic heterocycles. The van der Waals surface area contributed by atoms with E-state index in [1.807, 2.05) is 50.2 Å². The van der Waals surface area contributed by atoms with Crippen LogP contribution in [0.1, 0.15) is 119 Å². The normalized spacial score (nSPS) is 13.5. The van der Waals surface area contributed by atoms with E-state index < -0.39 is 17.8 Å². The second-order valence-electron chi connectivity index (χ2n) is 13.8. The number of ether oxygens (including phenoxy) is 5. The van der Waals surface area contributed by atoms with Gasteiger partial charge < -0.3 is 23.7 Å². The Morgan fingerprint density at radius 2 is 1.30 bits per heavy atom. The molecule has 1 aliphatic heterocycles. The molecule has 50 heavy (non-hydrogen) atoms. The molecule has 0 atom stereocenters. The van der Waals surface area contributed by atoms with Crippen molar-refractivity contribution in [3.8, 4) is 22.6 Å². The molecular weight excluding hydrogens is 635 g/mol. The van der Waals surface area contributed by atoms with Gasteiger partial charge in [0, 0.05) is 12.0 Å². The molecule has 1 aliphatic rings. The first kappa shape index (κ1) is 39.0. The molecule has 8 heteroatoms. The van der Waals surface area contributed by atoms with Crippen LogP contribution in [-0.2, 0) is 14.2 Å². The smallest absolute Gasteiger partial charge is 0.343 e. The Bertz CT molecular complexity index is 1440. The highest BCUT2D eigenvalue weighted by atomic mass is 19.1. The number of rotatable bonds is 23. The molecule has 0 radical (unpaired) electrons. The van der Waals surface area contributed by atoms with Crippen molar-refractivity contribution in [3.63, 3.8) is 0 Å². The topological polar surface area (TPSA) is 80.3 Å². The van der Waals surface area contributed by atoms with E-state index >= 15 is 0 Å². The number of hydrogen-bond acceptors (Lipinski definition) is 7. The Morgan fingerprint density at radius 1 is 0.740 bits per heavy atom. The first-order valence-electron chi connectivity index (χ1n) is 18.5. The maximum Gasteiger partial charge on any atom is 0.343 e. The van der Waals surface area contributed by atoms with Gasteiger partial charge in [-0.05, 0) is 79.3 Å². The van der Waals surface area contributed by atoms with Gasteiger partial charge in [0.2, 0.25) is 0 Å². The van der Waals surface area contributed by atoms with Gasteiger partial charge in [-0.2, -0.15) is 0 Å². The van der Waals surface area contributed by atoms with Gasteiger partial charge in [-0.25, -0.2) is 14.0 Å². The van der Waals surface area contributed by atoms with Gasteiger partial charge in [-0.3, -0.25) is 0 Å². The number of carbonyl (C=O) groups excluding carboxylic acids is 2. The van der Waals surface area contributed by atoms with Crippen molar-refractivity contribution in [1.82, 2.24) is 0 Å². The SMILES string of the molecule is CCCC(CCC)OC(=O)c1ccc(OC(=O)c2ccc(-c3ccc(OCCCCCCCCCCOCC4(C)COC4)cc3)cc2)c(F)c1. The lowest BCUT2D eigenvalue weighted by Crippen LogP contribution is -2.43. The third kappa shape index (κ3) is 12.9. The van der Waals surface area contributed by atoms with Crippen molar-refractivity contribution in [3.05, 3.63) is 83.7 Å². The number of esters is 2. The summed E-state index contributed by atoms with van der Waals surface area (Å²) in [5, 5.41) is 0. The van der Waals surface area contributed by atoms with Crippen LogP contribution in [0.5, 0.6) is 11.5 Å². The zero-order chi connectivity index (χ0) is 35.6. The highest BCUT2D eigenvalue weighted by molar-refractivity contribution is 5.92. The first-order valence-corrected chi connectivity index (χ1v) is 18.5. The Labute approximate surface area is 297 Å². The molecular formula is C42H55FO7. The van der Waals surface area contributed by atoms with Crippen molar-refractivity contribution < 1.29 is 37.7 Å². The van der Waals surface area contributed by atoms with Crippen LogP contribution in [0, 0.1) is 11.2 Å². The molecule has 0 amide bonds. The summed E-state index contributed by atoms with van der Waals surface area (Å²) in [5.74, 6) is -1.49. The summed E-state index contributed by atoms with van der Waals surface area (Å²) in [6.45, 7) is 10.3. The minimum atomic E-state index is -0.803. The number of halogens is 1. The number of hydrogen-bond donors (Lipinski definition) is 0. The zero-order valence-corrected chi connectivity index (χ0v) is 30.2. The van der Waals surface area contributed by atoms with E-state index in [1.165, 1.54) is 50.7 Å². The maximum absolute atomic E-state index is 14.8. The zero-order valence-electron chi connectivity index (χ0n) is 30.2. The highest BCUT2D eigenvalue weighted by Crippen LogP contribution is 2.27. The van der Waals surface area contributed by atoms with Gasteiger partial charge >= 0.3 is 11.9 Å². The van der Waals surface area contributed by atoms with E-state index in [9.17, 15) is 14.0 Å². The maximum atomic E-state index is 14.8. The Hall–Kier alpha value is -3.75. The Balaban J connectivity index is 1.10. The highest BCUT2D eigenvalue weighted by Gasteiger charge is 2.33. The lowest BCUT2D eigenvalue weighted by atomic mass is 9.90. The van der Waals surface area contributed by atoms with Gasteiger partial charge in [0.25, 0.3) is 0 Å². The van der Waals surface area contributed by atoms with Gasteiger partial charge in [0.1, 0.15) is 11.9 Å². The summed E-state index contributed by atoms with van der Waals surface area (Å²) in [6, 6.07) is 18.6. The lowest BCUT2D eigenvalue weighted by Gasteiger charge is -2.37. The van der Waals surface area contributed by atoms with Crippen LogP contribution in [0.2, 0.25) is 0 Å². The van der Waals surface area contributed by atoms with Crippen LogP contribution in [0.15, 0.2) is 66.7 Å². The molecule has 0 N–H and O–H groups in total. The van der Waals surface area contributed by atoms with Crippen LogP contribution in [0.3, 0.4) is 0 Å². The van der Waals surface area contributed by atoms with Gasteiger partial charge in [-0.1, -0.05) is 96.4 Å². The van der Waals surface area contributed by atoms with Crippen molar-refractivity contribution in [2.75, 3.05) is 33.0 Å². The van der Waals surface area contributed by atoms with Gasteiger partial charge in [-0.15, -0.1) is 0 Å². The average molecular weight is 691 g/mol. The summed E-state index contributed by atoms with van der Waals surface area (Å²) in [7, 11) is 0. The molecule has 1 saturated heterocycles. The van der Waals surface area contributed by atoms with E-state index in [4.69, 9.17) is 23.7 Å². The van der Waals surface area contributed by atoms with Crippen LogP contribution in [-0.4, -0.2) is 51.1 Å². The van der Waals surface area contributed by atoms with Crippen LogP contribution >= 0.6 is 0 Å². The molecule has 3 aromatic rings. The van der Waals surface area contributed by atoms with Crippen LogP contribution < -0.4 is 9.47 Å². The summed E-state index contributed by atoms with van der Waals surface area (Å²) in [5.41, 5.74) is 2.53. The molecule has 1 heterocycles. The Kier molecular flexibility index (Phi) is 16.2. The van der Waals surface area contributed by atoms with Crippen LogP contribution in [0.25, 0.3) is 11.1 Å². The van der Waals surface area contributed by atoms with Crippen molar-refractivity contribution in [2.24, 2.45) is 5.41 Å². The second kappa shape index (κ2) is 20.8. The molecule has 0 saturated carbocycles. The van der Waals surface area contributed by atoms with Crippen molar-refractivity contribution in [2.45, 2.75) is 104 Å². The van der Waals surface area contributed by atoms with Gasteiger partial charge in [0.05, 0.1) is 37.6 Å². The van der Waals surface area contributed by atoms with E-state index in [0.29, 0.717) is 6.61 Å². The summed E-state index contributed by atoms with van der Waals surface area (Å²) >= 11 is 0. The molecule has 1 fully saturated rings.